The Bertz CT molecular complexity index is 489. The van der Waals surface area contributed by atoms with Crippen molar-refractivity contribution in [3.63, 3.8) is 0 Å². The van der Waals surface area contributed by atoms with E-state index in [4.69, 9.17) is 21.4 Å². The highest BCUT2D eigenvalue weighted by atomic mass is 35.5. The molecule has 0 aliphatic heterocycles. The molecule has 1 unspecified atom stereocenters. The average molecular weight is 303 g/mol. The van der Waals surface area contributed by atoms with Crippen LogP contribution in [0.15, 0.2) is 18.2 Å². The molecule has 1 rings (SSSR count). The van der Waals surface area contributed by atoms with E-state index in [2.05, 4.69) is 5.32 Å². The fourth-order valence-corrected chi connectivity index (χ4v) is 1.84. The number of aliphatic hydroxyl groups is 1. The molecule has 1 atom stereocenters. The summed E-state index contributed by atoms with van der Waals surface area (Å²) in [5.41, 5.74) is -0.450. The summed E-state index contributed by atoms with van der Waals surface area (Å²) in [6, 6.07) is 3.32. The Morgan fingerprint density at radius 2 is 2.30 bits per heavy atom. The van der Waals surface area contributed by atoms with Gasteiger partial charge in [0.25, 0.3) is 11.6 Å². The third-order valence-electron chi connectivity index (χ3n) is 2.58. The molecule has 8 heteroatoms. The van der Waals surface area contributed by atoms with Gasteiger partial charge < -0.3 is 15.2 Å². The maximum absolute atomic E-state index is 12.1. The van der Waals surface area contributed by atoms with Crippen LogP contribution in [0, 0.1) is 10.1 Å². The number of nitrogens with zero attached hydrogens (tertiary/aromatic N) is 1. The third kappa shape index (κ3) is 4.44. The molecule has 1 amide bonds. The molecule has 0 saturated heterocycles. The molecule has 0 spiro atoms. The number of amides is 1. The van der Waals surface area contributed by atoms with Gasteiger partial charge in [0, 0.05) is 24.8 Å². The van der Waals surface area contributed by atoms with E-state index in [9.17, 15) is 14.9 Å². The van der Waals surface area contributed by atoms with Crippen LogP contribution in [0.3, 0.4) is 0 Å². The Morgan fingerprint density at radius 1 is 1.60 bits per heavy atom. The number of rotatable bonds is 7. The minimum absolute atomic E-state index is 0.124. The smallest absolute Gasteiger partial charge is 0.282 e. The van der Waals surface area contributed by atoms with Crippen molar-refractivity contribution in [3.8, 4) is 0 Å². The number of nitrogens with one attached hydrogen (secondary N) is 1. The van der Waals surface area contributed by atoms with Crippen molar-refractivity contribution in [2.45, 2.75) is 12.5 Å². The molecule has 0 heterocycles. The zero-order valence-electron chi connectivity index (χ0n) is 10.8. The van der Waals surface area contributed by atoms with E-state index in [1.165, 1.54) is 25.3 Å². The Labute approximate surface area is 120 Å². The van der Waals surface area contributed by atoms with Crippen LogP contribution in [-0.2, 0) is 4.74 Å². The van der Waals surface area contributed by atoms with E-state index in [-0.39, 0.29) is 35.9 Å². The molecule has 0 fully saturated rings. The first kappa shape index (κ1) is 16.4. The molecule has 20 heavy (non-hydrogen) atoms. The minimum Gasteiger partial charge on any atom is -0.396 e. The number of ether oxygens (including phenoxy) is 1. The lowest BCUT2D eigenvalue weighted by Crippen LogP contribution is -2.38. The first-order chi connectivity index (χ1) is 9.49. The van der Waals surface area contributed by atoms with Gasteiger partial charge in [0.2, 0.25) is 0 Å². The van der Waals surface area contributed by atoms with Gasteiger partial charge in [-0.3, -0.25) is 14.9 Å². The van der Waals surface area contributed by atoms with E-state index in [1.807, 2.05) is 0 Å². The third-order valence-corrected chi connectivity index (χ3v) is 2.82. The van der Waals surface area contributed by atoms with Gasteiger partial charge in [-0.25, -0.2) is 0 Å². The normalized spacial score (nSPS) is 11.9. The highest BCUT2D eigenvalue weighted by molar-refractivity contribution is 6.31. The maximum atomic E-state index is 12.1. The molecule has 0 radical (unpaired) electrons. The zero-order valence-corrected chi connectivity index (χ0v) is 11.6. The fraction of sp³-hybridized carbons (Fsp3) is 0.417. The van der Waals surface area contributed by atoms with Crippen LogP contribution in [0.2, 0.25) is 5.02 Å². The molecule has 110 valence electrons. The number of nitro groups is 1. The van der Waals surface area contributed by atoms with Crippen LogP contribution in [0.25, 0.3) is 0 Å². The zero-order chi connectivity index (χ0) is 15.1. The van der Waals surface area contributed by atoms with Crippen molar-refractivity contribution >= 4 is 23.2 Å². The first-order valence-electron chi connectivity index (χ1n) is 5.84. The molecule has 0 aliphatic carbocycles. The number of carbonyl (C=O) groups excluding carboxylic acids is 1. The lowest BCUT2D eigenvalue weighted by molar-refractivity contribution is -0.385. The highest BCUT2D eigenvalue weighted by Crippen LogP contribution is 2.22. The van der Waals surface area contributed by atoms with Gasteiger partial charge in [0.05, 0.1) is 17.6 Å². The molecule has 0 saturated carbocycles. The standard InChI is InChI=1S/C12H15ClN2O5/c1-20-7-9(4-5-16)14-12(17)10-6-8(13)2-3-11(10)15(18)19/h2-3,6,9,16H,4-5,7H2,1H3,(H,14,17). The van der Waals surface area contributed by atoms with Gasteiger partial charge >= 0.3 is 0 Å². The summed E-state index contributed by atoms with van der Waals surface area (Å²) in [6.45, 7) is 0.0621. The lowest BCUT2D eigenvalue weighted by atomic mass is 10.1. The van der Waals surface area contributed by atoms with E-state index in [0.29, 0.717) is 0 Å². The van der Waals surface area contributed by atoms with E-state index < -0.39 is 16.9 Å². The van der Waals surface area contributed by atoms with Crippen LogP contribution in [0.4, 0.5) is 5.69 Å². The van der Waals surface area contributed by atoms with Crippen LogP contribution in [0.1, 0.15) is 16.8 Å². The molecule has 0 aliphatic rings. The highest BCUT2D eigenvalue weighted by Gasteiger charge is 2.22. The summed E-state index contributed by atoms with van der Waals surface area (Å²) in [5.74, 6) is -0.630. The Kier molecular flexibility index (Phi) is 6.37. The van der Waals surface area contributed by atoms with Crippen LogP contribution in [0.5, 0.6) is 0 Å². The summed E-state index contributed by atoms with van der Waals surface area (Å²) in [5, 5.41) is 22.6. The van der Waals surface area contributed by atoms with Gasteiger partial charge in [0.15, 0.2) is 0 Å². The van der Waals surface area contributed by atoms with E-state index in [0.717, 1.165) is 0 Å². The Balaban J connectivity index is 2.95. The number of methoxy groups -OCH3 is 1. The molecule has 0 bridgehead atoms. The van der Waals surface area contributed by atoms with Crippen molar-refractivity contribution in [2.24, 2.45) is 0 Å². The molecule has 1 aromatic carbocycles. The van der Waals surface area contributed by atoms with Crippen molar-refractivity contribution in [1.82, 2.24) is 5.32 Å². The second-order valence-corrected chi connectivity index (χ2v) is 4.49. The topological polar surface area (TPSA) is 102 Å². The van der Waals surface area contributed by atoms with Gasteiger partial charge in [-0.1, -0.05) is 11.6 Å². The van der Waals surface area contributed by atoms with Crippen LogP contribution in [-0.4, -0.2) is 42.3 Å². The van der Waals surface area contributed by atoms with E-state index >= 15 is 0 Å². The summed E-state index contributed by atoms with van der Waals surface area (Å²) >= 11 is 5.76. The van der Waals surface area contributed by atoms with Gasteiger partial charge in [0.1, 0.15) is 5.56 Å². The second-order valence-electron chi connectivity index (χ2n) is 4.06. The Morgan fingerprint density at radius 3 is 2.85 bits per heavy atom. The number of aliphatic hydroxyl groups excluding tert-OH is 1. The largest absolute Gasteiger partial charge is 0.396 e. The molecule has 7 nitrogen and oxygen atoms in total. The molecule has 2 N–H and O–H groups in total. The minimum atomic E-state index is -0.650. The molecular weight excluding hydrogens is 288 g/mol. The number of hydrogen-bond donors (Lipinski definition) is 2. The number of carbonyl (C=O) groups is 1. The molecular formula is C12H15ClN2O5. The first-order valence-corrected chi connectivity index (χ1v) is 6.22. The number of nitro benzene ring substituents is 1. The van der Waals surface area contributed by atoms with Gasteiger partial charge in [-0.15, -0.1) is 0 Å². The van der Waals surface area contributed by atoms with Gasteiger partial charge in [-0.2, -0.15) is 0 Å². The summed E-state index contributed by atoms with van der Waals surface area (Å²) in [4.78, 5) is 22.3. The molecule has 1 aromatic rings. The summed E-state index contributed by atoms with van der Waals surface area (Å²) in [7, 11) is 1.46. The predicted octanol–water partition coefficient (Wildman–Crippen LogP) is 1.38. The SMILES string of the molecule is COCC(CCO)NC(=O)c1cc(Cl)ccc1[N+](=O)[O-]. The number of halogens is 1. The lowest BCUT2D eigenvalue weighted by Gasteiger charge is -2.16. The second kappa shape index (κ2) is 7.78. The van der Waals surface area contributed by atoms with E-state index in [1.54, 1.807) is 0 Å². The van der Waals surface area contributed by atoms with Crippen LogP contribution < -0.4 is 5.32 Å². The maximum Gasteiger partial charge on any atom is 0.282 e. The number of benzene rings is 1. The van der Waals surface area contributed by atoms with Crippen molar-refractivity contribution < 1.29 is 19.6 Å². The summed E-state index contributed by atoms with van der Waals surface area (Å²) in [6.07, 6.45) is 0.286. The van der Waals surface area contributed by atoms with Crippen molar-refractivity contribution in [2.75, 3.05) is 20.3 Å². The van der Waals surface area contributed by atoms with Crippen molar-refractivity contribution in [1.29, 1.82) is 0 Å². The predicted molar refractivity (Wildman–Crippen MR) is 72.9 cm³/mol. The number of hydrogen-bond acceptors (Lipinski definition) is 5. The molecule has 0 aromatic heterocycles. The van der Waals surface area contributed by atoms with Gasteiger partial charge in [-0.05, 0) is 18.6 Å². The fourth-order valence-electron chi connectivity index (χ4n) is 1.67. The summed E-state index contributed by atoms with van der Waals surface area (Å²) < 4.78 is 4.91. The average Bonchev–Trinajstić information content (AvgIpc) is 2.38. The van der Waals surface area contributed by atoms with Crippen LogP contribution >= 0.6 is 11.6 Å². The van der Waals surface area contributed by atoms with Crippen molar-refractivity contribution in [3.05, 3.63) is 38.9 Å². The Hall–Kier alpha value is -1.70. The monoisotopic (exact) mass is 302 g/mol. The quantitative estimate of drug-likeness (QED) is 0.585.